The van der Waals surface area contributed by atoms with Gasteiger partial charge in [0.15, 0.2) is 9.84 Å². The van der Waals surface area contributed by atoms with E-state index in [9.17, 15) is 13.2 Å². The highest BCUT2D eigenvalue weighted by Crippen LogP contribution is 2.24. The maximum absolute atomic E-state index is 11.4. The average molecular weight is 254 g/mol. The summed E-state index contributed by atoms with van der Waals surface area (Å²) >= 11 is 0. The predicted octanol–water partition coefficient (Wildman–Crippen LogP) is 1.59. The van der Waals surface area contributed by atoms with E-state index in [1.165, 1.54) is 12.1 Å². The first-order valence-electron chi connectivity index (χ1n) is 5.43. The van der Waals surface area contributed by atoms with Crippen LogP contribution in [0.5, 0.6) is 5.75 Å². The molecule has 17 heavy (non-hydrogen) atoms. The van der Waals surface area contributed by atoms with Crippen molar-refractivity contribution < 1.29 is 17.9 Å². The number of rotatable bonds is 3. The van der Waals surface area contributed by atoms with Crippen LogP contribution in [0.4, 0.5) is 0 Å². The van der Waals surface area contributed by atoms with Crippen LogP contribution in [-0.2, 0) is 14.6 Å². The van der Waals surface area contributed by atoms with Gasteiger partial charge >= 0.3 is 0 Å². The van der Waals surface area contributed by atoms with Gasteiger partial charge in [0, 0.05) is 19.1 Å². The SMILES string of the molecule is CS(=O)(=O)c1cccc(OC2CCC(=O)C2)c1. The number of ketones is 1. The second-order valence-electron chi connectivity index (χ2n) is 4.27. The molecule has 1 fully saturated rings. The van der Waals surface area contributed by atoms with Crippen molar-refractivity contribution in [1.82, 2.24) is 0 Å². The van der Waals surface area contributed by atoms with Crippen LogP contribution in [0.15, 0.2) is 29.2 Å². The Morgan fingerprint density at radius 2 is 2.12 bits per heavy atom. The molecule has 0 N–H and O–H groups in total. The first-order valence-corrected chi connectivity index (χ1v) is 7.33. The van der Waals surface area contributed by atoms with Crippen molar-refractivity contribution in [2.75, 3.05) is 6.26 Å². The Morgan fingerprint density at radius 1 is 1.35 bits per heavy atom. The van der Waals surface area contributed by atoms with Crippen molar-refractivity contribution in [3.8, 4) is 5.75 Å². The van der Waals surface area contributed by atoms with Crippen molar-refractivity contribution in [3.63, 3.8) is 0 Å². The van der Waals surface area contributed by atoms with E-state index in [0.29, 0.717) is 25.0 Å². The van der Waals surface area contributed by atoms with Gasteiger partial charge in [-0.1, -0.05) is 6.07 Å². The molecule has 0 saturated heterocycles. The van der Waals surface area contributed by atoms with E-state index < -0.39 is 9.84 Å². The molecule has 0 aliphatic heterocycles. The Balaban J connectivity index is 2.14. The molecule has 4 nitrogen and oxygen atoms in total. The van der Waals surface area contributed by atoms with Gasteiger partial charge in [0.05, 0.1) is 4.90 Å². The number of hydrogen-bond donors (Lipinski definition) is 0. The second kappa shape index (κ2) is 4.49. The third kappa shape index (κ3) is 3.06. The van der Waals surface area contributed by atoms with Gasteiger partial charge in [-0.05, 0) is 24.6 Å². The minimum absolute atomic E-state index is 0.114. The monoisotopic (exact) mass is 254 g/mol. The summed E-state index contributed by atoms with van der Waals surface area (Å²) in [7, 11) is -3.22. The van der Waals surface area contributed by atoms with Gasteiger partial charge in [-0.2, -0.15) is 0 Å². The minimum atomic E-state index is -3.22. The molecule has 1 aromatic carbocycles. The van der Waals surface area contributed by atoms with E-state index in [1.54, 1.807) is 12.1 Å². The molecule has 1 aliphatic carbocycles. The van der Waals surface area contributed by atoms with E-state index >= 15 is 0 Å². The highest BCUT2D eigenvalue weighted by Gasteiger charge is 2.23. The van der Waals surface area contributed by atoms with Gasteiger partial charge in [-0.15, -0.1) is 0 Å². The molecule has 0 radical (unpaired) electrons. The Bertz CT molecular complexity index is 533. The van der Waals surface area contributed by atoms with E-state index in [4.69, 9.17) is 4.74 Å². The summed E-state index contributed by atoms with van der Waals surface area (Å²) in [4.78, 5) is 11.3. The Hall–Kier alpha value is -1.36. The first kappa shape index (κ1) is 12.1. The number of carbonyl (C=O) groups is 1. The number of carbonyl (C=O) groups excluding carboxylic acids is 1. The summed E-state index contributed by atoms with van der Waals surface area (Å²) in [5.74, 6) is 0.710. The van der Waals surface area contributed by atoms with Crippen molar-refractivity contribution in [1.29, 1.82) is 0 Å². The summed E-state index contributed by atoms with van der Waals surface area (Å²) < 4.78 is 28.3. The van der Waals surface area contributed by atoms with Gasteiger partial charge < -0.3 is 4.74 Å². The lowest BCUT2D eigenvalue weighted by atomic mass is 10.3. The number of sulfone groups is 1. The van der Waals surface area contributed by atoms with Crippen LogP contribution in [0.1, 0.15) is 19.3 Å². The molecule has 1 aromatic rings. The molecular weight excluding hydrogens is 240 g/mol. The fourth-order valence-electron chi connectivity index (χ4n) is 1.85. The Kier molecular flexibility index (Phi) is 3.19. The maximum atomic E-state index is 11.4. The number of ether oxygens (including phenoxy) is 1. The van der Waals surface area contributed by atoms with Crippen LogP contribution in [0, 0.1) is 0 Å². The summed E-state index contributed by atoms with van der Waals surface area (Å²) in [6.45, 7) is 0. The molecule has 1 atom stereocenters. The first-order chi connectivity index (χ1) is 7.95. The standard InChI is InChI=1S/C12H14O4S/c1-17(14,15)12-4-2-3-10(8-12)16-11-6-5-9(13)7-11/h2-4,8,11H,5-7H2,1H3. The fraction of sp³-hybridized carbons (Fsp3) is 0.417. The summed E-state index contributed by atoms with van der Waals surface area (Å²) in [6.07, 6.45) is 2.73. The van der Waals surface area contributed by atoms with Crippen LogP contribution in [0.3, 0.4) is 0 Å². The zero-order valence-electron chi connectivity index (χ0n) is 9.55. The predicted molar refractivity (Wildman–Crippen MR) is 62.8 cm³/mol. The molecule has 92 valence electrons. The van der Waals surface area contributed by atoms with E-state index in [2.05, 4.69) is 0 Å². The highest BCUT2D eigenvalue weighted by atomic mass is 32.2. The quantitative estimate of drug-likeness (QED) is 0.821. The highest BCUT2D eigenvalue weighted by molar-refractivity contribution is 7.90. The summed E-state index contributed by atoms with van der Waals surface area (Å²) in [5, 5.41) is 0. The van der Waals surface area contributed by atoms with Gasteiger partial charge in [-0.3, -0.25) is 4.79 Å². The van der Waals surface area contributed by atoms with E-state index in [0.717, 1.165) is 6.26 Å². The molecule has 0 spiro atoms. The van der Waals surface area contributed by atoms with Crippen molar-refractivity contribution >= 4 is 15.6 Å². The lowest BCUT2D eigenvalue weighted by molar-refractivity contribution is -0.117. The normalized spacial score (nSPS) is 20.5. The Morgan fingerprint density at radius 3 is 2.71 bits per heavy atom. The summed E-state index contributed by atoms with van der Waals surface area (Å²) in [6, 6.07) is 6.38. The largest absolute Gasteiger partial charge is 0.490 e. The van der Waals surface area contributed by atoms with E-state index in [-0.39, 0.29) is 16.8 Å². The molecule has 0 bridgehead atoms. The molecular formula is C12H14O4S. The third-order valence-electron chi connectivity index (χ3n) is 2.74. The van der Waals surface area contributed by atoms with Crippen LogP contribution in [-0.4, -0.2) is 26.6 Å². The van der Waals surface area contributed by atoms with Crippen molar-refractivity contribution in [3.05, 3.63) is 24.3 Å². The van der Waals surface area contributed by atoms with Crippen LogP contribution in [0.25, 0.3) is 0 Å². The van der Waals surface area contributed by atoms with Gasteiger partial charge in [0.2, 0.25) is 0 Å². The van der Waals surface area contributed by atoms with Gasteiger partial charge in [-0.25, -0.2) is 8.42 Å². The fourth-order valence-corrected chi connectivity index (χ4v) is 2.51. The molecule has 0 amide bonds. The zero-order valence-corrected chi connectivity index (χ0v) is 10.4. The maximum Gasteiger partial charge on any atom is 0.175 e. The van der Waals surface area contributed by atoms with Crippen molar-refractivity contribution in [2.24, 2.45) is 0 Å². The minimum Gasteiger partial charge on any atom is -0.490 e. The molecule has 2 rings (SSSR count). The molecule has 1 aliphatic rings. The van der Waals surface area contributed by atoms with Crippen LogP contribution < -0.4 is 4.74 Å². The average Bonchev–Trinajstić information content (AvgIpc) is 2.63. The smallest absolute Gasteiger partial charge is 0.175 e. The zero-order chi connectivity index (χ0) is 12.5. The molecule has 0 aromatic heterocycles. The lowest BCUT2D eigenvalue weighted by Crippen LogP contribution is -2.12. The molecule has 1 saturated carbocycles. The third-order valence-corrected chi connectivity index (χ3v) is 3.85. The second-order valence-corrected chi connectivity index (χ2v) is 6.28. The van der Waals surface area contributed by atoms with Gasteiger partial charge in [0.1, 0.15) is 17.6 Å². The number of hydrogen-bond acceptors (Lipinski definition) is 4. The van der Waals surface area contributed by atoms with Crippen LogP contribution >= 0.6 is 0 Å². The van der Waals surface area contributed by atoms with Crippen LogP contribution in [0.2, 0.25) is 0 Å². The molecule has 5 heteroatoms. The molecule has 0 heterocycles. The lowest BCUT2D eigenvalue weighted by Gasteiger charge is -2.12. The number of benzene rings is 1. The van der Waals surface area contributed by atoms with Gasteiger partial charge in [0.25, 0.3) is 0 Å². The molecule has 1 unspecified atom stereocenters. The van der Waals surface area contributed by atoms with Crippen molar-refractivity contribution in [2.45, 2.75) is 30.3 Å². The summed E-state index contributed by atoms with van der Waals surface area (Å²) in [5.41, 5.74) is 0. The Labute approximate surface area is 101 Å². The number of Topliss-reactive ketones (excluding diaryl/α,β-unsaturated/α-hetero) is 1. The van der Waals surface area contributed by atoms with E-state index in [1.807, 2.05) is 0 Å². The topological polar surface area (TPSA) is 60.4 Å².